The third kappa shape index (κ3) is 7.21. The van der Waals surface area contributed by atoms with Gasteiger partial charge in [-0.05, 0) is 0 Å². The van der Waals surface area contributed by atoms with Gasteiger partial charge in [-0.15, -0.1) is 0 Å². The molecule has 0 rings (SSSR count). The van der Waals surface area contributed by atoms with E-state index in [-0.39, 0.29) is 0 Å². The number of rotatable bonds is 2. The molecular weight excluding hydrogens is 112 g/mol. The predicted molar refractivity (Wildman–Crippen MR) is 41.0 cm³/mol. The molecule has 0 heterocycles. The van der Waals surface area contributed by atoms with Crippen molar-refractivity contribution < 1.29 is 4.58 Å². The quantitative estimate of drug-likeness (QED) is 0.384. The molecule has 0 saturated heterocycles. The maximum atomic E-state index is 2.00. The summed E-state index contributed by atoms with van der Waals surface area (Å²) in [6.45, 7) is 0. The molecule has 0 bridgehead atoms. The van der Waals surface area contributed by atoms with Crippen LogP contribution in [0.2, 0.25) is 0 Å². The maximum Gasteiger partial charge on any atom is 0.164 e. The molecule has 0 fully saturated rings. The van der Waals surface area contributed by atoms with E-state index in [0.29, 0.717) is 0 Å². The summed E-state index contributed by atoms with van der Waals surface area (Å²) in [5.41, 5.74) is 0. The molecule has 0 aliphatic heterocycles. The van der Waals surface area contributed by atoms with Crippen molar-refractivity contribution in [2.75, 3.05) is 28.2 Å². The van der Waals surface area contributed by atoms with Gasteiger partial charge in [0.2, 0.25) is 0 Å². The first-order valence-corrected chi connectivity index (χ1v) is 2.97. The lowest BCUT2D eigenvalue weighted by molar-refractivity contribution is -0.458. The average Bonchev–Trinajstić information content (AvgIpc) is 1.63. The monoisotopic (exact) mass is 127 g/mol. The highest BCUT2D eigenvalue weighted by molar-refractivity contribution is 5.65. The van der Waals surface area contributed by atoms with Crippen molar-refractivity contribution in [1.29, 1.82) is 0 Å². The summed E-state index contributed by atoms with van der Waals surface area (Å²) < 4.78 is 2.00. The van der Waals surface area contributed by atoms with Crippen LogP contribution in [-0.4, -0.2) is 43.9 Å². The number of nitrogens with zero attached hydrogens (tertiary/aromatic N) is 2. The molecule has 0 spiro atoms. The van der Waals surface area contributed by atoms with Crippen LogP contribution >= 0.6 is 0 Å². The molecule has 0 amide bonds. The molecule has 0 aliphatic rings. The van der Waals surface area contributed by atoms with Crippen molar-refractivity contribution in [3.63, 3.8) is 0 Å². The van der Waals surface area contributed by atoms with Gasteiger partial charge in [-0.3, -0.25) is 0 Å². The second-order valence-corrected chi connectivity index (χ2v) is 2.42. The number of hydrogen-bond acceptors (Lipinski definition) is 1. The summed E-state index contributed by atoms with van der Waals surface area (Å²) >= 11 is 0. The molecule has 0 radical (unpaired) electrons. The summed E-state index contributed by atoms with van der Waals surface area (Å²) in [5.74, 6) is 0. The molecule has 0 unspecified atom stereocenters. The zero-order valence-electron chi connectivity index (χ0n) is 6.63. The number of allylic oxidation sites excluding steroid dienone is 1. The highest BCUT2D eigenvalue weighted by atomic mass is 15.0. The topological polar surface area (TPSA) is 6.25 Å². The molecule has 2 nitrogen and oxygen atoms in total. The molecule has 0 aliphatic carbocycles. The first kappa shape index (κ1) is 8.21. The molecule has 52 valence electrons. The summed E-state index contributed by atoms with van der Waals surface area (Å²) in [6.07, 6.45) is 6.00. The van der Waals surface area contributed by atoms with Gasteiger partial charge in [0.25, 0.3) is 0 Å². The van der Waals surface area contributed by atoms with Gasteiger partial charge in [-0.25, -0.2) is 4.58 Å². The largest absolute Gasteiger partial charge is 0.383 e. The zero-order chi connectivity index (χ0) is 7.28. The fourth-order valence-electron chi connectivity index (χ4n) is 0.383. The van der Waals surface area contributed by atoms with E-state index in [9.17, 15) is 0 Å². The Morgan fingerprint density at radius 1 is 1.22 bits per heavy atom. The van der Waals surface area contributed by atoms with Gasteiger partial charge in [0.1, 0.15) is 14.1 Å². The minimum absolute atomic E-state index is 2.00. The van der Waals surface area contributed by atoms with Crippen LogP contribution in [0, 0.1) is 0 Å². The van der Waals surface area contributed by atoms with E-state index in [4.69, 9.17) is 0 Å². The van der Waals surface area contributed by atoms with Crippen molar-refractivity contribution in [3.8, 4) is 0 Å². The van der Waals surface area contributed by atoms with Gasteiger partial charge in [-0.1, -0.05) is 0 Å². The normalized spacial score (nSPS) is 9.78. The Morgan fingerprint density at radius 2 is 1.78 bits per heavy atom. The molecule has 9 heavy (non-hydrogen) atoms. The zero-order valence-corrected chi connectivity index (χ0v) is 6.63. The van der Waals surface area contributed by atoms with Gasteiger partial charge in [0.15, 0.2) is 6.21 Å². The molecule has 0 aromatic rings. The van der Waals surface area contributed by atoms with E-state index >= 15 is 0 Å². The Kier molecular flexibility index (Phi) is 3.76. The Bertz CT molecular complexity index is 119. The second kappa shape index (κ2) is 4.13. The first-order valence-electron chi connectivity index (χ1n) is 2.97. The Balaban J connectivity index is 3.60. The SMILES string of the molecule is CN(C)/C=C\C=[N+](C)C. The summed E-state index contributed by atoms with van der Waals surface area (Å²) in [7, 11) is 8.00. The fraction of sp³-hybridized carbons (Fsp3) is 0.571. The van der Waals surface area contributed by atoms with E-state index in [1.165, 1.54) is 0 Å². The van der Waals surface area contributed by atoms with Crippen molar-refractivity contribution in [1.82, 2.24) is 4.90 Å². The van der Waals surface area contributed by atoms with Crippen LogP contribution in [0.15, 0.2) is 12.3 Å². The molecular formula is C7H15N2+. The van der Waals surface area contributed by atoms with Crippen LogP contribution in [0.25, 0.3) is 0 Å². The highest BCUT2D eigenvalue weighted by Gasteiger charge is 1.76. The lowest BCUT2D eigenvalue weighted by Gasteiger charge is -1.99. The fourth-order valence-corrected chi connectivity index (χ4v) is 0.383. The molecule has 0 aromatic heterocycles. The van der Waals surface area contributed by atoms with Crippen LogP contribution in [0.3, 0.4) is 0 Å². The first-order chi connectivity index (χ1) is 4.13. The third-order valence-electron chi connectivity index (χ3n) is 0.768. The summed E-state index contributed by atoms with van der Waals surface area (Å²) in [6, 6.07) is 0. The van der Waals surface area contributed by atoms with E-state index in [1.807, 2.05) is 56.2 Å². The van der Waals surface area contributed by atoms with E-state index < -0.39 is 0 Å². The molecule has 2 heteroatoms. The van der Waals surface area contributed by atoms with E-state index in [1.54, 1.807) is 0 Å². The average molecular weight is 127 g/mol. The van der Waals surface area contributed by atoms with Gasteiger partial charge < -0.3 is 4.90 Å². The lowest BCUT2D eigenvalue weighted by Crippen LogP contribution is -2.02. The Morgan fingerprint density at radius 3 is 2.11 bits per heavy atom. The Labute approximate surface area is 57.1 Å². The summed E-state index contributed by atoms with van der Waals surface area (Å²) in [4.78, 5) is 2.00. The second-order valence-electron chi connectivity index (χ2n) is 2.42. The molecule has 0 saturated carbocycles. The van der Waals surface area contributed by atoms with Crippen LogP contribution < -0.4 is 0 Å². The van der Waals surface area contributed by atoms with Crippen LogP contribution in [0.1, 0.15) is 0 Å². The lowest BCUT2D eigenvalue weighted by atomic mass is 10.6. The van der Waals surface area contributed by atoms with Crippen LogP contribution in [0.5, 0.6) is 0 Å². The third-order valence-corrected chi connectivity index (χ3v) is 0.768. The molecule has 0 aromatic carbocycles. The van der Waals surface area contributed by atoms with E-state index in [0.717, 1.165) is 0 Å². The Hall–Kier alpha value is -0.790. The van der Waals surface area contributed by atoms with Crippen molar-refractivity contribution >= 4 is 6.21 Å². The van der Waals surface area contributed by atoms with Crippen molar-refractivity contribution in [2.24, 2.45) is 0 Å². The van der Waals surface area contributed by atoms with Gasteiger partial charge in [0.05, 0.1) is 0 Å². The van der Waals surface area contributed by atoms with Crippen LogP contribution in [0.4, 0.5) is 0 Å². The molecule has 0 atom stereocenters. The smallest absolute Gasteiger partial charge is 0.164 e. The maximum absolute atomic E-state index is 2.00. The van der Waals surface area contributed by atoms with E-state index in [2.05, 4.69) is 0 Å². The van der Waals surface area contributed by atoms with Gasteiger partial charge >= 0.3 is 0 Å². The van der Waals surface area contributed by atoms with Crippen LogP contribution in [-0.2, 0) is 0 Å². The van der Waals surface area contributed by atoms with Crippen molar-refractivity contribution in [3.05, 3.63) is 12.3 Å². The molecule has 0 N–H and O–H groups in total. The summed E-state index contributed by atoms with van der Waals surface area (Å²) in [5, 5.41) is 0. The minimum Gasteiger partial charge on any atom is -0.383 e. The predicted octanol–water partition coefficient (Wildman–Crippen LogP) is 0.405. The standard InChI is InChI=1S/C7H15N2/c1-8(2)6-5-7-9(3)4/h5-7H,1-4H3/q+1. The van der Waals surface area contributed by atoms with Gasteiger partial charge in [0, 0.05) is 26.4 Å². The van der Waals surface area contributed by atoms with Gasteiger partial charge in [-0.2, -0.15) is 0 Å². The highest BCUT2D eigenvalue weighted by Crippen LogP contribution is 1.72. The number of hydrogen-bond donors (Lipinski definition) is 0. The minimum atomic E-state index is 2.00. The van der Waals surface area contributed by atoms with Crippen molar-refractivity contribution in [2.45, 2.75) is 0 Å².